The van der Waals surface area contributed by atoms with Crippen LogP contribution in [0.15, 0.2) is 0 Å². The highest BCUT2D eigenvalue weighted by Crippen LogP contribution is 2.23. The Morgan fingerprint density at radius 1 is 1.33 bits per heavy atom. The topological polar surface area (TPSA) is 35.5 Å². The molecular formula is C11H21FN2O. The van der Waals surface area contributed by atoms with Crippen LogP contribution in [0.25, 0.3) is 0 Å². The molecule has 88 valence electrons. The van der Waals surface area contributed by atoms with Crippen molar-refractivity contribution in [2.24, 2.45) is 5.92 Å². The van der Waals surface area contributed by atoms with Crippen molar-refractivity contribution in [3.63, 3.8) is 0 Å². The van der Waals surface area contributed by atoms with E-state index in [1.807, 2.05) is 0 Å². The first-order chi connectivity index (χ1) is 7.29. The Hall–Kier alpha value is -0.190. The van der Waals surface area contributed by atoms with Crippen LogP contribution in [-0.4, -0.2) is 55.0 Å². The van der Waals surface area contributed by atoms with Gasteiger partial charge in [-0.15, -0.1) is 0 Å². The quantitative estimate of drug-likeness (QED) is 0.716. The summed E-state index contributed by atoms with van der Waals surface area (Å²) in [7, 11) is 0. The van der Waals surface area contributed by atoms with Crippen LogP contribution in [0.1, 0.15) is 19.3 Å². The van der Waals surface area contributed by atoms with Crippen LogP contribution in [0.3, 0.4) is 0 Å². The largest absolute Gasteiger partial charge is 0.395 e. The zero-order valence-electron chi connectivity index (χ0n) is 9.16. The second-order valence-corrected chi connectivity index (χ2v) is 4.82. The van der Waals surface area contributed by atoms with Gasteiger partial charge in [0.15, 0.2) is 0 Å². The van der Waals surface area contributed by atoms with Crippen molar-refractivity contribution in [2.45, 2.75) is 31.5 Å². The van der Waals surface area contributed by atoms with E-state index in [4.69, 9.17) is 5.11 Å². The fourth-order valence-electron chi connectivity index (χ4n) is 2.73. The van der Waals surface area contributed by atoms with Crippen LogP contribution >= 0.6 is 0 Å². The van der Waals surface area contributed by atoms with E-state index in [2.05, 4.69) is 10.2 Å². The molecule has 0 aliphatic carbocycles. The summed E-state index contributed by atoms with van der Waals surface area (Å²) in [6, 6.07) is 0.0647. The normalized spacial score (nSPS) is 34.8. The molecule has 0 saturated carbocycles. The summed E-state index contributed by atoms with van der Waals surface area (Å²) in [6.45, 7) is 3.76. The van der Waals surface area contributed by atoms with Gasteiger partial charge in [0.25, 0.3) is 0 Å². The van der Waals surface area contributed by atoms with E-state index in [-0.39, 0.29) is 12.6 Å². The van der Waals surface area contributed by atoms with Crippen molar-refractivity contribution < 1.29 is 9.50 Å². The van der Waals surface area contributed by atoms with Gasteiger partial charge in [-0.05, 0) is 38.3 Å². The van der Waals surface area contributed by atoms with Crippen LogP contribution in [0.4, 0.5) is 4.39 Å². The smallest absolute Gasteiger partial charge is 0.114 e. The molecule has 2 rings (SSSR count). The van der Waals surface area contributed by atoms with Crippen molar-refractivity contribution in [2.75, 3.05) is 32.8 Å². The molecule has 2 saturated heterocycles. The molecule has 2 atom stereocenters. The molecule has 2 fully saturated rings. The zero-order valence-corrected chi connectivity index (χ0v) is 9.16. The fraction of sp³-hybridized carbons (Fsp3) is 1.00. The first-order valence-corrected chi connectivity index (χ1v) is 5.99. The van der Waals surface area contributed by atoms with Gasteiger partial charge in [0.05, 0.1) is 6.61 Å². The number of aliphatic hydroxyl groups excluding tert-OH is 1. The van der Waals surface area contributed by atoms with E-state index in [1.165, 1.54) is 12.8 Å². The van der Waals surface area contributed by atoms with Crippen LogP contribution in [-0.2, 0) is 0 Å². The molecule has 0 aromatic heterocycles. The molecule has 0 radical (unpaired) electrons. The number of likely N-dealkylation sites (tertiary alicyclic amines) is 1. The van der Waals surface area contributed by atoms with Crippen molar-refractivity contribution >= 4 is 0 Å². The maximum absolute atomic E-state index is 13.2. The third-order valence-electron chi connectivity index (χ3n) is 3.64. The summed E-state index contributed by atoms with van der Waals surface area (Å²) in [6.07, 6.45) is 2.16. The van der Waals surface area contributed by atoms with Crippen LogP contribution in [0.5, 0.6) is 0 Å². The number of halogens is 1. The monoisotopic (exact) mass is 216 g/mol. The van der Waals surface area contributed by atoms with E-state index in [0.717, 1.165) is 19.6 Å². The molecule has 2 heterocycles. The number of nitrogens with one attached hydrogen (secondary N) is 1. The van der Waals surface area contributed by atoms with Gasteiger partial charge in [-0.25, -0.2) is 4.39 Å². The summed E-state index contributed by atoms with van der Waals surface area (Å²) in [5.41, 5.74) is 0. The molecule has 2 N–H and O–H groups in total. The van der Waals surface area contributed by atoms with Gasteiger partial charge in [0.1, 0.15) is 6.17 Å². The molecule has 0 aromatic carbocycles. The Bertz CT molecular complexity index is 197. The number of alkyl halides is 1. The minimum atomic E-state index is -0.733. The van der Waals surface area contributed by atoms with Gasteiger partial charge in [0, 0.05) is 19.1 Å². The molecule has 0 amide bonds. The van der Waals surface area contributed by atoms with Gasteiger partial charge >= 0.3 is 0 Å². The number of rotatable bonds is 3. The molecule has 15 heavy (non-hydrogen) atoms. The van der Waals surface area contributed by atoms with Crippen LogP contribution in [0, 0.1) is 5.92 Å². The lowest BCUT2D eigenvalue weighted by Crippen LogP contribution is -2.39. The molecule has 2 aliphatic rings. The van der Waals surface area contributed by atoms with Crippen molar-refractivity contribution in [3.05, 3.63) is 0 Å². The lowest BCUT2D eigenvalue weighted by Gasteiger charge is -2.30. The SMILES string of the molecule is OCC1CC(F)CN1CC1CCNCC1. The van der Waals surface area contributed by atoms with Crippen LogP contribution in [0.2, 0.25) is 0 Å². The van der Waals surface area contributed by atoms with Crippen molar-refractivity contribution in [1.82, 2.24) is 10.2 Å². The molecule has 0 aromatic rings. The number of aliphatic hydroxyl groups is 1. The van der Waals surface area contributed by atoms with Crippen molar-refractivity contribution in [1.29, 1.82) is 0 Å². The fourth-order valence-corrected chi connectivity index (χ4v) is 2.73. The molecule has 4 heteroatoms. The Morgan fingerprint density at radius 2 is 2.07 bits per heavy atom. The Kier molecular flexibility index (Phi) is 3.94. The Balaban J connectivity index is 1.81. The van der Waals surface area contributed by atoms with Gasteiger partial charge < -0.3 is 10.4 Å². The minimum absolute atomic E-state index is 0.0647. The van der Waals surface area contributed by atoms with E-state index in [1.54, 1.807) is 0 Å². The summed E-state index contributed by atoms with van der Waals surface area (Å²) in [5.74, 6) is 0.686. The standard InChI is InChI=1S/C11H21FN2O/c12-10-5-11(8-15)14(7-10)6-9-1-3-13-4-2-9/h9-11,13,15H,1-8H2. The molecular weight excluding hydrogens is 195 g/mol. The van der Waals surface area contributed by atoms with Crippen LogP contribution < -0.4 is 5.32 Å². The minimum Gasteiger partial charge on any atom is -0.395 e. The van der Waals surface area contributed by atoms with Crippen molar-refractivity contribution in [3.8, 4) is 0 Å². The predicted octanol–water partition coefficient (Wildman–Crippen LogP) is 0.391. The average Bonchev–Trinajstić information content (AvgIpc) is 2.60. The maximum atomic E-state index is 13.2. The van der Waals surface area contributed by atoms with E-state index < -0.39 is 6.17 Å². The number of hydrogen-bond donors (Lipinski definition) is 2. The molecule has 0 bridgehead atoms. The summed E-state index contributed by atoms with van der Waals surface area (Å²) in [5, 5.41) is 12.5. The lowest BCUT2D eigenvalue weighted by molar-refractivity contribution is 0.133. The second kappa shape index (κ2) is 5.23. The third-order valence-corrected chi connectivity index (χ3v) is 3.64. The molecule has 0 spiro atoms. The number of piperidine rings is 1. The summed E-state index contributed by atoms with van der Waals surface area (Å²) < 4.78 is 13.2. The van der Waals surface area contributed by atoms with E-state index in [0.29, 0.717) is 18.9 Å². The third kappa shape index (κ3) is 2.89. The molecule has 2 aliphatic heterocycles. The lowest BCUT2D eigenvalue weighted by atomic mass is 9.97. The Labute approximate surface area is 90.6 Å². The van der Waals surface area contributed by atoms with E-state index >= 15 is 0 Å². The number of hydrogen-bond acceptors (Lipinski definition) is 3. The van der Waals surface area contributed by atoms with Gasteiger partial charge in [-0.1, -0.05) is 0 Å². The average molecular weight is 216 g/mol. The van der Waals surface area contributed by atoms with Gasteiger partial charge in [0.2, 0.25) is 0 Å². The number of nitrogens with zero attached hydrogens (tertiary/aromatic N) is 1. The second-order valence-electron chi connectivity index (χ2n) is 4.82. The zero-order chi connectivity index (χ0) is 10.7. The highest BCUT2D eigenvalue weighted by molar-refractivity contribution is 4.86. The molecule has 3 nitrogen and oxygen atoms in total. The van der Waals surface area contributed by atoms with Gasteiger partial charge in [-0.2, -0.15) is 0 Å². The predicted molar refractivity (Wildman–Crippen MR) is 57.6 cm³/mol. The van der Waals surface area contributed by atoms with E-state index in [9.17, 15) is 4.39 Å². The first kappa shape index (κ1) is 11.3. The molecule has 2 unspecified atom stereocenters. The van der Waals surface area contributed by atoms with Gasteiger partial charge in [-0.3, -0.25) is 4.90 Å². The maximum Gasteiger partial charge on any atom is 0.114 e. The Morgan fingerprint density at radius 3 is 2.73 bits per heavy atom. The first-order valence-electron chi connectivity index (χ1n) is 5.99. The summed E-state index contributed by atoms with van der Waals surface area (Å²) >= 11 is 0. The highest BCUT2D eigenvalue weighted by atomic mass is 19.1. The highest BCUT2D eigenvalue weighted by Gasteiger charge is 2.32. The summed E-state index contributed by atoms with van der Waals surface area (Å²) in [4.78, 5) is 2.14.